The first-order chi connectivity index (χ1) is 15.4. The van der Waals surface area contributed by atoms with Crippen LogP contribution in [0, 0.1) is 5.92 Å². The molecule has 3 N–H and O–H groups in total. The van der Waals surface area contributed by atoms with E-state index in [9.17, 15) is 9.59 Å². The van der Waals surface area contributed by atoms with E-state index in [4.69, 9.17) is 23.2 Å². The third kappa shape index (κ3) is 4.57. The molecule has 6 nitrogen and oxygen atoms in total. The van der Waals surface area contributed by atoms with Gasteiger partial charge in [-0.15, -0.1) is 11.3 Å². The molecule has 0 radical (unpaired) electrons. The fraction of sp³-hybridized carbons (Fsp3) is 0.304. The fourth-order valence-corrected chi connectivity index (χ4v) is 5.93. The van der Waals surface area contributed by atoms with Crippen LogP contribution < -0.4 is 16.0 Å². The van der Waals surface area contributed by atoms with Gasteiger partial charge in [0.1, 0.15) is 0 Å². The Kier molecular flexibility index (Phi) is 5.99. The van der Waals surface area contributed by atoms with Crippen molar-refractivity contribution in [2.75, 3.05) is 30.3 Å². The Morgan fingerprint density at radius 1 is 1.00 bits per heavy atom. The normalized spacial score (nSPS) is 22.0. The zero-order valence-electron chi connectivity index (χ0n) is 17.2. The van der Waals surface area contributed by atoms with E-state index in [0.29, 0.717) is 32.2 Å². The van der Waals surface area contributed by atoms with Gasteiger partial charge in [-0.25, -0.2) is 4.79 Å². The number of benzene rings is 2. The molecule has 0 aliphatic carbocycles. The highest BCUT2D eigenvalue weighted by atomic mass is 35.5. The van der Waals surface area contributed by atoms with Crippen LogP contribution in [0.25, 0.3) is 10.1 Å². The molecule has 3 saturated heterocycles. The Hall–Kier alpha value is -2.32. The lowest BCUT2D eigenvalue weighted by atomic mass is 9.84. The van der Waals surface area contributed by atoms with Crippen molar-refractivity contribution in [3.05, 3.63) is 57.4 Å². The molecule has 2 aromatic carbocycles. The molecule has 1 atom stereocenters. The maximum absolute atomic E-state index is 12.9. The first-order valence-corrected chi connectivity index (χ1v) is 12.1. The molecule has 3 fully saturated rings. The van der Waals surface area contributed by atoms with Crippen LogP contribution in [0.15, 0.2) is 42.5 Å². The Morgan fingerprint density at radius 2 is 1.81 bits per heavy atom. The molecule has 3 aromatic rings. The number of anilines is 2. The Labute approximate surface area is 199 Å². The van der Waals surface area contributed by atoms with E-state index in [2.05, 4.69) is 20.9 Å². The molecule has 32 heavy (non-hydrogen) atoms. The number of hydrogen-bond donors (Lipinski definition) is 3. The molecular weight excluding hydrogens is 467 g/mol. The molecule has 2 bridgehead atoms. The Bertz CT molecular complexity index is 1190. The molecule has 3 aliphatic heterocycles. The number of carbonyl (C=O) groups is 2. The summed E-state index contributed by atoms with van der Waals surface area (Å²) in [5.74, 6) is 0.566. The van der Waals surface area contributed by atoms with E-state index < -0.39 is 6.03 Å². The molecule has 0 spiro atoms. The average Bonchev–Trinajstić information content (AvgIpc) is 3.20. The highest BCUT2D eigenvalue weighted by molar-refractivity contribution is 7.20. The molecular formula is C23H22Cl2N4O2S. The SMILES string of the molecule is O=C(Nc1ccc2cc(C(=O)NC3CN4CCC3CC4)sc2c1)Nc1ccc(Cl)cc1Cl. The number of piperidine rings is 3. The van der Waals surface area contributed by atoms with Crippen molar-refractivity contribution in [1.29, 1.82) is 0 Å². The highest BCUT2D eigenvalue weighted by Crippen LogP contribution is 2.31. The van der Waals surface area contributed by atoms with Crippen molar-refractivity contribution in [3.8, 4) is 0 Å². The highest BCUT2D eigenvalue weighted by Gasteiger charge is 2.35. The molecule has 0 saturated carbocycles. The molecule has 3 aliphatic rings. The minimum atomic E-state index is -0.412. The minimum absolute atomic E-state index is 0.0189. The Morgan fingerprint density at radius 3 is 2.53 bits per heavy atom. The van der Waals surface area contributed by atoms with Gasteiger partial charge in [-0.3, -0.25) is 4.79 Å². The van der Waals surface area contributed by atoms with Gasteiger partial charge in [-0.2, -0.15) is 0 Å². The van der Waals surface area contributed by atoms with E-state index in [1.807, 2.05) is 24.3 Å². The topological polar surface area (TPSA) is 73.5 Å². The van der Waals surface area contributed by atoms with Gasteiger partial charge < -0.3 is 20.9 Å². The number of fused-ring (bicyclic) bond motifs is 4. The van der Waals surface area contributed by atoms with E-state index in [1.165, 1.54) is 11.3 Å². The van der Waals surface area contributed by atoms with Crippen LogP contribution in [0.4, 0.5) is 16.2 Å². The lowest BCUT2D eigenvalue weighted by Gasteiger charge is -2.44. The van der Waals surface area contributed by atoms with Gasteiger partial charge in [0.15, 0.2) is 0 Å². The first-order valence-electron chi connectivity index (χ1n) is 10.5. The van der Waals surface area contributed by atoms with Gasteiger partial charge in [-0.1, -0.05) is 29.3 Å². The number of rotatable bonds is 4. The van der Waals surface area contributed by atoms with Crippen LogP contribution in [-0.4, -0.2) is 42.5 Å². The molecule has 4 heterocycles. The largest absolute Gasteiger partial charge is 0.347 e. The fourth-order valence-electron chi connectivity index (χ4n) is 4.46. The predicted octanol–water partition coefficient (Wildman–Crippen LogP) is 5.68. The van der Waals surface area contributed by atoms with Crippen LogP contribution in [0.3, 0.4) is 0 Å². The summed E-state index contributed by atoms with van der Waals surface area (Å²) >= 11 is 13.4. The number of urea groups is 1. The van der Waals surface area contributed by atoms with Crippen LogP contribution in [-0.2, 0) is 0 Å². The number of thiophene rings is 1. The molecule has 3 amide bonds. The molecule has 6 rings (SSSR count). The van der Waals surface area contributed by atoms with Crippen molar-refractivity contribution >= 4 is 67.9 Å². The van der Waals surface area contributed by atoms with Crippen LogP contribution in [0.2, 0.25) is 10.0 Å². The quantitative estimate of drug-likeness (QED) is 0.442. The van der Waals surface area contributed by atoms with Crippen LogP contribution >= 0.6 is 34.5 Å². The standard InChI is InChI=1S/C23H22Cl2N4O2S/c24-15-2-4-18(17(25)10-15)28-23(31)26-16-3-1-14-9-21(32-20(14)11-16)22(30)27-19-12-29-7-5-13(19)6-8-29/h1-4,9-11,13,19H,5-8,12H2,(H,27,30)(H2,26,28,31). The van der Waals surface area contributed by atoms with Crippen LogP contribution in [0.1, 0.15) is 22.5 Å². The van der Waals surface area contributed by atoms with E-state index in [-0.39, 0.29) is 11.9 Å². The molecule has 9 heteroatoms. The predicted molar refractivity (Wildman–Crippen MR) is 131 cm³/mol. The van der Waals surface area contributed by atoms with E-state index >= 15 is 0 Å². The average molecular weight is 489 g/mol. The second kappa shape index (κ2) is 8.90. The van der Waals surface area contributed by atoms with Gasteiger partial charge in [0.25, 0.3) is 5.91 Å². The van der Waals surface area contributed by atoms with Gasteiger partial charge >= 0.3 is 6.03 Å². The van der Waals surface area contributed by atoms with Crippen molar-refractivity contribution in [2.45, 2.75) is 18.9 Å². The van der Waals surface area contributed by atoms with Crippen molar-refractivity contribution in [1.82, 2.24) is 10.2 Å². The maximum atomic E-state index is 12.9. The first kappa shape index (κ1) is 21.5. The number of carbonyl (C=O) groups excluding carboxylic acids is 2. The van der Waals surface area contributed by atoms with Crippen LogP contribution in [0.5, 0.6) is 0 Å². The van der Waals surface area contributed by atoms with Crippen molar-refractivity contribution in [3.63, 3.8) is 0 Å². The number of nitrogens with zero attached hydrogens (tertiary/aromatic N) is 1. The van der Waals surface area contributed by atoms with Gasteiger partial charge in [-0.05, 0) is 73.6 Å². The zero-order valence-corrected chi connectivity index (χ0v) is 19.5. The lowest BCUT2D eigenvalue weighted by Crippen LogP contribution is -2.57. The summed E-state index contributed by atoms with van der Waals surface area (Å²) in [6, 6.07) is 12.2. The zero-order chi connectivity index (χ0) is 22.2. The monoisotopic (exact) mass is 488 g/mol. The third-order valence-corrected chi connectivity index (χ3v) is 7.80. The summed E-state index contributed by atoms with van der Waals surface area (Å²) in [5, 5.41) is 10.6. The summed E-state index contributed by atoms with van der Waals surface area (Å²) in [7, 11) is 0. The van der Waals surface area contributed by atoms with Crippen molar-refractivity contribution < 1.29 is 9.59 Å². The van der Waals surface area contributed by atoms with Gasteiger partial charge in [0.2, 0.25) is 0 Å². The summed E-state index contributed by atoms with van der Waals surface area (Å²) in [6.45, 7) is 3.24. The lowest BCUT2D eigenvalue weighted by molar-refractivity contribution is 0.0622. The number of halogens is 2. The summed E-state index contributed by atoms with van der Waals surface area (Å²) < 4.78 is 0.936. The van der Waals surface area contributed by atoms with Gasteiger partial charge in [0, 0.05) is 28.0 Å². The van der Waals surface area contributed by atoms with E-state index in [0.717, 1.165) is 42.6 Å². The third-order valence-electron chi connectivity index (χ3n) is 6.15. The maximum Gasteiger partial charge on any atom is 0.323 e. The summed E-state index contributed by atoms with van der Waals surface area (Å²) in [6.07, 6.45) is 2.32. The van der Waals surface area contributed by atoms with Gasteiger partial charge in [0.05, 0.1) is 15.6 Å². The number of hydrogen-bond acceptors (Lipinski definition) is 4. The Balaban J connectivity index is 1.25. The summed E-state index contributed by atoms with van der Waals surface area (Å²) in [4.78, 5) is 28.3. The number of amides is 3. The second-order valence-electron chi connectivity index (χ2n) is 8.28. The summed E-state index contributed by atoms with van der Waals surface area (Å²) in [5.41, 5.74) is 1.10. The van der Waals surface area contributed by atoms with Crippen molar-refractivity contribution in [2.24, 2.45) is 5.92 Å². The molecule has 1 unspecified atom stereocenters. The molecule has 1 aromatic heterocycles. The second-order valence-corrected chi connectivity index (χ2v) is 10.2. The number of nitrogens with one attached hydrogen (secondary N) is 3. The smallest absolute Gasteiger partial charge is 0.323 e. The minimum Gasteiger partial charge on any atom is -0.347 e. The van der Waals surface area contributed by atoms with E-state index in [1.54, 1.807) is 18.2 Å². The molecule has 166 valence electrons.